The van der Waals surface area contributed by atoms with Gasteiger partial charge in [0, 0.05) is 218 Å². The number of likely N-dealkylation sites (N-methyl/N-ethyl adjacent to an activating group) is 8. The molecule has 0 fully saturated rings. The van der Waals surface area contributed by atoms with Crippen LogP contribution in [0, 0.1) is 172 Å². The minimum absolute atomic E-state index is 0. The second-order valence-corrected chi connectivity index (χ2v) is 46.8. The molecule has 8 aliphatic rings. The first-order valence-electron chi connectivity index (χ1n) is 42.3. The standard InChI is InChI=1S/C26H24N2O2S4.C24H20N2O2S4.C22H16N2O2S4.C18H16N2O2S2.4C2H6.2Ar/c1-9-13(5)31-23-11(3)19(33-21(9)23)17-15-16(26(30)27(17)7)18(28(8)25(15)29)20-12(4)24-22(34-20)10(2)14(6)32-24;1-9-11(3)29-15-7-13(31-21(9)15)19-17-18(24(28)25(19)5)20(26(6)23(17)27)14-8-16-22(32-14)10(2)12(4)30-16;1-9-5-11-13(27-9)7-15(29-11)19-17-18(22(26)23(19)3)20(24(4)21(17)25)16-8-14-12(30-16)6-10(2)28-14;1-9-5-7-23-15(9)13-11-12(18(22)19(13)3)14(20(4)17(11)21)16-10(2)6-8-24-16;4*1-2;;/h1-8H3;7-8H,1-6H3;5-8H,1-4H3;5-8H,1-4H3;4*1-2H3;;. The molecular weight excluding hydrogens is 1950 g/mol. The van der Waals surface area contributed by atoms with E-state index in [0.717, 1.165) is 107 Å². The van der Waals surface area contributed by atoms with Crippen LogP contribution in [0.2, 0.25) is 0 Å². The molecule has 14 aromatic rings. The molecule has 0 spiro atoms. The molecule has 0 unspecified atom stereocenters. The summed E-state index contributed by atoms with van der Waals surface area (Å²) in [5.74, 6) is -0.797. The average Bonchev–Trinajstić information content (AvgIpc) is 1.54. The number of aryl methyl sites for hydroxylation is 14. The average molecular weight is 2050 g/mol. The molecule has 22 heterocycles. The first-order chi connectivity index (χ1) is 61.0. The van der Waals surface area contributed by atoms with Crippen molar-refractivity contribution >= 4 is 308 Å². The number of hydrogen-bond acceptors (Lipinski definition) is 22. The molecule has 8 aliphatic heterocycles. The number of carbonyl (C=O) groups is 8. The van der Waals surface area contributed by atoms with E-state index in [2.05, 4.69) is 119 Å². The number of fused-ring (bicyclic) bond motifs is 10. The third-order valence-electron chi connectivity index (χ3n) is 24.0. The maximum Gasteiger partial charge on any atom is 0.261 e. The van der Waals surface area contributed by atoms with Gasteiger partial charge in [0.2, 0.25) is 0 Å². The van der Waals surface area contributed by atoms with Crippen molar-refractivity contribution in [1.29, 1.82) is 0 Å². The van der Waals surface area contributed by atoms with Gasteiger partial charge in [-0.25, -0.2) is 0 Å². The van der Waals surface area contributed by atoms with E-state index < -0.39 is 0 Å². The second-order valence-electron chi connectivity index (χ2n) is 31.1. The van der Waals surface area contributed by atoms with E-state index in [9.17, 15) is 38.4 Å². The van der Waals surface area contributed by atoms with Crippen LogP contribution in [0.5, 0.6) is 0 Å². The predicted octanol–water partition coefficient (Wildman–Crippen LogP) is 27.2. The molecule has 0 saturated carbocycles. The molecule has 130 heavy (non-hydrogen) atoms. The predicted molar refractivity (Wildman–Crippen MR) is 556 cm³/mol. The Morgan fingerprint density at radius 2 is 0.431 bits per heavy atom. The summed E-state index contributed by atoms with van der Waals surface area (Å²) in [4.78, 5) is 136. The minimum atomic E-state index is -0.103. The molecule has 0 atom stereocenters. The van der Waals surface area contributed by atoms with Gasteiger partial charge >= 0.3 is 0 Å². The van der Waals surface area contributed by atoms with Crippen LogP contribution in [-0.4, -0.2) is 143 Å². The fourth-order valence-corrected chi connectivity index (χ4v) is 34.7. The first kappa shape index (κ1) is 101. The van der Waals surface area contributed by atoms with Gasteiger partial charge in [0.05, 0.1) is 129 Å². The fraction of sp³-hybridized carbons (Fsp3) is 0.306. The molecule has 22 rings (SSSR count). The van der Waals surface area contributed by atoms with Crippen LogP contribution >= 0.6 is 159 Å². The summed E-state index contributed by atoms with van der Waals surface area (Å²) in [6.45, 7) is 45.6. The Hall–Kier alpha value is -6.44. The summed E-state index contributed by atoms with van der Waals surface area (Å²) in [6.07, 6.45) is 0. The topological polar surface area (TPSA) is 162 Å². The van der Waals surface area contributed by atoms with E-state index in [1.807, 2.05) is 92.1 Å². The van der Waals surface area contributed by atoms with Gasteiger partial charge in [-0.3, -0.25) is 38.4 Å². The molecule has 0 bridgehead atoms. The zero-order valence-corrected chi connectivity index (χ0v) is 90.9. The number of rotatable bonds is 8. The Morgan fingerprint density at radius 3 is 0.677 bits per heavy atom. The Balaban J connectivity index is 0.000000144. The summed E-state index contributed by atoms with van der Waals surface area (Å²) in [7, 11) is 14.2. The normalized spacial score (nSPS) is 15.9. The summed E-state index contributed by atoms with van der Waals surface area (Å²) in [6, 6.07) is 16.9. The number of carbonyl (C=O) groups excluding carboxylic acids is 8. The molecule has 0 aromatic carbocycles. The van der Waals surface area contributed by atoms with E-state index in [1.165, 1.54) is 108 Å². The summed E-state index contributed by atoms with van der Waals surface area (Å²) in [5, 5.41) is 3.98. The SMILES string of the molecule is CC.CC.CC.CC.Cc1cc2sc(C3=C4C(=O)N(C)C(c5cc6sc(C)cc6s5)=C4C(=O)N3C)cc2s1.Cc1ccsc1C1=C2C(=O)N(C)C(c3sccc3C)=C2C(=O)N1C.Cc1sc2c(C)c(C3=C4C(=O)N(C)C(c5sc6c(C)c(C)sc6c5C)=C4C(=O)N3C)sc2c1C.Cc1sc2cc(C3=C4C(=O)N(C)C(c5cc6sc(C)c(C)c6s5)=C4C(=O)N3C)sc2c1C.[Ar].[Ar]. The van der Waals surface area contributed by atoms with Crippen molar-refractivity contribution < 1.29 is 114 Å². The van der Waals surface area contributed by atoms with E-state index in [0.29, 0.717) is 44.6 Å². The van der Waals surface area contributed by atoms with Gasteiger partial charge in [-0.05, 0) is 201 Å². The molecule has 680 valence electrons. The molecule has 0 saturated heterocycles. The molecular formula is C98H100Ar2N8O8S14. The van der Waals surface area contributed by atoms with Crippen LogP contribution in [0.1, 0.15) is 168 Å². The van der Waals surface area contributed by atoms with Gasteiger partial charge < -0.3 is 39.2 Å². The number of thiophene rings is 14. The molecule has 0 N–H and O–H groups in total. The fourth-order valence-electron chi connectivity index (χ4n) is 17.1. The zero-order valence-electron chi connectivity index (χ0n) is 78.0. The van der Waals surface area contributed by atoms with Crippen LogP contribution in [0.3, 0.4) is 0 Å². The van der Waals surface area contributed by atoms with Crippen molar-refractivity contribution in [1.82, 2.24) is 39.2 Å². The van der Waals surface area contributed by atoms with Crippen LogP contribution in [-0.2, 0) is 38.4 Å². The van der Waals surface area contributed by atoms with Gasteiger partial charge in [0.25, 0.3) is 47.3 Å². The zero-order chi connectivity index (χ0) is 93.1. The van der Waals surface area contributed by atoms with Crippen molar-refractivity contribution in [3.05, 3.63) is 217 Å². The second kappa shape index (κ2) is 39.0. The van der Waals surface area contributed by atoms with Gasteiger partial charge in [-0.1, -0.05) is 55.4 Å². The van der Waals surface area contributed by atoms with Crippen molar-refractivity contribution in [3.63, 3.8) is 0 Å². The molecule has 14 aromatic heterocycles. The number of nitrogens with zero attached hydrogens (tertiary/aromatic N) is 8. The maximum absolute atomic E-state index is 13.7. The largest absolute Gasteiger partial charge is 0.309 e. The third kappa shape index (κ3) is 15.9. The first-order valence-corrected chi connectivity index (χ1v) is 53.8. The Kier molecular flexibility index (Phi) is 30.3. The summed E-state index contributed by atoms with van der Waals surface area (Å²) < 4.78 is 14.8. The smallest absolute Gasteiger partial charge is 0.261 e. The molecule has 0 radical (unpaired) electrons. The molecule has 0 aliphatic carbocycles. The van der Waals surface area contributed by atoms with Crippen LogP contribution in [0.25, 0.3) is 102 Å². The summed E-state index contributed by atoms with van der Waals surface area (Å²) >= 11 is 23.8. The molecule has 32 heteroatoms. The Morgan fingerprint density at radius 1 is 0.215 bits per heavy atom. The number of hydrogen-bond donors (Lipinski definition) is 0. The van der Waals surface area contributed by atoms with E-state index in [4.69, 9.17) is 0 Å². The quantitative estimate of drug-likeness (QED) is 0.145. The van der Waals surface area contributed by atoms with Crippen molar-refractivity contribution in [2.24, 2.45) is 0 Å². The number of amides is 8. The maximum atomic E-state index is 13.7. The molecule has 8 amide bonds. The minimum Gasteiger partial charge on any atom is -0.309 e. The molecule has 16 nitrogen and oxygen atoms in total. The van der Waals surface area contributed by atoms with Gasteiger partial charge in [0.1, 0.15) is 0 Å². The van der Waals surface area contributed by atoms with E-state index in [-0.39, 0.29) is 123 Å². The van der Waals surface area contributed by atoms with Crippen LogP contribution in [0.4, 0.5) is 0 Å². The summed E-state index contributed by atoms with van der Waals surface area (Å²) in [5.41, 5.74) is 20.0. The third-order valence-corrected chi connectivity index (χ3v) is 41.3. The van der Waals surface area contributed by atoms with Crippen molar-refractivity contribution in [3.8, 4) is 0 Å². The Labute approximate surface area is 875 Å². The van der Waals surface area contributed by atoms with Gasteiger partial charge in [0.15, 0.2) is 0 Å². The van der Waals surface area contributed by atoms with Gasteiger partial charge in [-0.2, -0.15) is 0 Å². The van der Waals surface area contributed by atoms with E-state index in [1.54, 1.807) is 254 Å². The van der Waals surface area contributed by atoms with Crippen molar-refractivity contribution in [2.75, 3.05) is 56.4 Å². The van der Waals surface area contributed by atoms with E-state index >= 15 is 0 Å². The van der Waals surface area contributed by atoms with Crippen LogP contribution < -0.4 is 0 Å². The Bertz CT molecular complexity index is 6960. The monoisotopic (exact) mass is 2040 g/mol. The van der Waals surface area contributed by atoms with Crippen molar-refractivity contribution in [2.45, 2.75) is 152 Å². The van der Waals surface area contributed by atoms with Gasteiger partial charge in [-0.15, -0.1) is 159 Å². The van der Waals surface area contributed by atoms with Crippen LogP contribution in [0.15, 0.2) is 104 Å².